The molecule has 426 valence electrons. The van der Waals surface area contributed by atoms with Crippen molar-refractivity contribution in [3.05, 3.63) is 281 Å². The smallest absolute Gasteiger partial charge is 0.228 e. The van der Waals surface area contributed by atoms with E-state index in [9.17, 15) is 0 Å². The van der Waals surface area contributed by atoms with E-state index in [1.807, 2.05) is 224 Å². The van der Waals surface area contributed by atoms with Crippen LogP contribution in [0.1, 0.15) is 50.8 Å². The fraction of sp³-hybridized carbons (Fsp3) is 0.304. The molecule has 0 aliphatic carbocycles. The van der Waals surface area contributed by atoms with Crippen LogP contribution in [0.2, 0.25) is 0 Å². The lowest BCUT2D eigenvalue weighted by molar-refractivity contribution is -0.365. The number of benzene rings is 8. The molecule has 0 bridgehead atoms. The molecular formula is C69H71FO12. The van der Waals surface area contributed by atoms with Gasteiger partial charge < -0.3 is 56.8 Å². The molecule has 0 radical (unpaired) electrons. The largest absolute Gasteiger partial charge is 0.497 e. The van der Waals surface area contributed by atoms with Gasteiger partial charge in [0.15, 0.2) is 12.6 Å². The van der Waals surface area contributed by atoms with Gasteiger partial charge in [-0.05, 0) is 51.1 Å². The molecule has 8 aromatic carbocycles. The van der Waals surface area contributed by atoms with Crippen molar-refractivity contribution in [3.63, 3.8) is 0 Å². The van der Waals surface area contributed by atoms with Crippen LogP contribution < -0.4 is 4.74 Å². The summed E-state index contributed by atoms with van der Waals surface area (Å²) in [6.07, 6.45) is -12.5. The quantitative estimate of drug-likeness (QED) is 0.0416. The molecule has 0 spiro atoms. The predicted octanol–water partition coefficient (Wildman–Crippen LogP) is 12.9. The molecule has 10 rings (SSSR count). The van der Waals surface area contributed by atoms with E-state index in [1.165, 1.54) is 0 Å². The maximum absolute atomic E-state index is 17.8. The Kier molecular flexibility index (Phi) is 22.0. The number of methoxy groups -OCH3 is 1. The average Bonchev–Trinajstić information content (AvgIpc) is 3.65. The van der Waals surface area contributed by atoms with Crippen molar-refractivity contribution in [1.82, 2.24) is 0 Å². The molecule has 12 nitrogen and oxygen atoms in total. The standard InChI is InChI=1S/C69H71FO12/c1-71-58-39-37-57(38-40-58)68(82-65-63(75-44-53-29-15-5-16-30-53)61(74-43-52-27-13-4-14-28-52)59(79-67(65)70)48-72-41-50-23-9-2-10-24-50)81-62-60(49-73-42-51-25-11-3-12-26-51)80-69(78-47-56-35-21-8-22-36-56)66(77-46-55-33-19-7-20-34-55)64(62)76-45-54-31-17-6-18-32-54/h2-40,59-69H,41-49H2,1H3/t59-,60-,61-,62-,63+,64+,65+,66-,67+,68-,69-/m1/s1. The first-order valence-electron chi connectivity index (χ1n) is 27.9. The summed E-state index contributed by atoms with van der Waals surface area (Å²) >= 11 is 0. The van der Waals surface area contributed by atoms with Gasteiger partial charge in [0.1, 0.15) is 54.6 Å². The number of rotatable bonds is 29. The molecule has 0 N–H and O–H groups in total. The third kappa shape index (κ3) is 16.8. The Morgan fingerprint density at radius 3 is 1.07 bits per heavy atom. The van der Waals surface area contributed by atoms with Crippen LogP contribution in [0.25, 0.3) is 0 Å². The third-order valence-electron chi connectivity index (χ3n) is 14.3. The molecule has 2 aliphatic rings. The van der Waals surface area contributed by atoms with Crippen molar-refractivity contribution >= 4 is 0 Å². The summed E-state index contributed by atoms with van der Waals surface area (Å²) in [7, 11) is 1.59. The van der Waals surface area contributed by atoms with Gasteiger partial charge in [0, 0.05) is 5.56 Å². The molecule has 0 unspecified atom stereocenters. The van der Waals surface area contributed by atoms with Crippen molar-refractivity contribution in [2.45, 2.75) is 114 Å². The van der Waals surface area contributed by atoms with Crippen LogP contribution in [0, 0.1) is 0 Å². The van der Waals surface area contributed by atoms with Gasteiger partial charge >= 0.3 is 0 Å². The minimum Gasteiger partial charge on any atom is -0.497 e. The third-order valence-corrected chi connectivity index (χ3v) is 14.3. The van der Waals surface area contributed by atoms with Crippen LogP contribution in [0.3, 0.4) is 0 Å². The van der Waals surface area contributed by atoms with E-state index >= 15 is 4.39 Å². The van der Waals surface area contributed by atoms with Crippen molar-refractivity contribution in [2.75, 3.05) is 20.3 Å². The Hall–Kier alpha value is -6.95. The van der Waals surface area contributed by atoms with Crippen LogP contribution in [0.15, 0.2) is 237 Å². The van der Waals surface area contributed by atoms with E-state index in [1.54, 1.807) is 19.2 Å². The maximum atomic E-state index is 17.8. The summed E-state index contributed by atoms with van der Waals surface area (Å²) in [6.45, 7) is 1.40. The molecular weight excluding hydrogens is 1040 g/mol. The minimum absolute atomic E-state index is 0.00646. The van der Waals surface area contributed by atoms with E-state index < -0.39 is 67.8 Å². The van der Waals surface area contributed by atoms with Gasteiger partial charge in [-0.2, -0.15) is 0 Å². The van der Waals surface area contributed by atoms with Gasteiger partial charge in [0.05, 0.1) is 66.6 Å². The number of halogens is 1. The second-order valence-corrected chi connectivity index (χ2v) is 20.2. The average molecular weight is 1110 g/mol. The van der Waals surface area contributed by atoms with Crippen LogP contribution in [0.5, 0.6) is 5.75 Å². The van der Waals surface area contributed by atoms with E-state index in [4.69, 9.17) is 56.8 Å². The highest BCUT2D eigenvalue weighted by molar-refractivity contribution is 5.28. The SMILES string of the molecule is COc1ccc([C@@H](O[C@H]2[C@@H](OCc3ccccc3)[C@H](OCc3ccccc3)[C@@H](COCc3ccccc3)O[C@@H]2F)O[C@H]2[C@H](OCc3ccccc3)[C@@H](OCc3ccccc3)[C@H](OCc3ccccc3)O[C@@H]2COCc2ccccc2)cc1. The van der Waals surface area contributed by atoms with Crippen LogP contribution in [0.4, 0.5) is 4.39 Å². The molecule has 0 aromatic heterocycles. The topological polar surface area (TPSA) is 111 Å². The highest BCUT2D eigenvalue weighted by Crippen LogP contribution is 2.39. The fourth-order valence-corrected chi connectivity index (χ4v) is 10.0. The molecule has 11 atom stereocenters. The zero-order valence-corrected chi connectivity index (χ0v) is 46.0. The summed E-state index contributed by atoms with van der Waals surface area (Å²) in [5, 5.41) is 0. The Labute approximate surface area is 480 Å². The van der Waals surface area contributed by atoms with E-state index in [0.717, 1.165) is 38.9 Å². The maximum Gasteiger partial charge on any atom is 0.228 e. The van der Waals surface area contributed by atoms with Crippen molar-refractivity contribution in [2.24, 2.45) is 0 Å². The minimum atomic E-state index is -2.07. The van der Waals surface area contributed by atoms with Gasteiger partial charge in [-0.3, -0.25) is 0 Å². The number of ether oxygens (including phenoxy) is 12. The Morgan fingerprint density at radius 1 is 0.341 bits per heavy atom. The summed E-state index contributed by atoms with van der Waals surface area (Å²) in [4.78, 5) is 0. The van der Waals surface area contributed by atoms with E-state index in [0.29, 0.717) is 11.3 Å². The zero-order chi connectivity index (χ0) is 56.0. The molecule has 0 saturated carbocycles. The second-order valence-electron chi connectivity index (χ2n) is 20.2. The lowest BCUT2D eigenvalue weighted by Crippen LogP contribution is -2.63. The molecule has 0 amide bonds. The van der Waals surface area contributed by atoms with Crippen LogP contribution in [-0.4, -0.2) is 81.8 Å². The van der Waals surface area contributed by atoms with Gasteiger partial charge in [0.25, 0.3) is 0 Å². The van der Waals surface area contributed by atoms with E-state index in [2.05, 4.69) is 0 Å². The summed E-state index contributed by atoms with van der Waals surface area (Å²) in [5.74, 6) is 0.591. The Balaban J connectivity index is 1.04. The van der Waals surface area contributed by atoms with Crippen molar-refractivity contribution in [1.29, 1.82) is 0 Å². The highest BCUT2D eigenvalue weighted by Gasteiger charge is 2.53. The second kappa shape index (κ2) is 30.9. The van der Waals surface area contributed by atoms with Gasteiger partial charge in [-0.1, -0.05) is 224 Å². The Bertz CT molecular complexity index is 3010. The summed E-state index contributed by atoms with van der Waals surface area (Å²) in [5.41, 5.74) is 7.00. The van der Waals surface area contributed by atoms with Gasteiger partial charge in [0.2, 0.25) is 6.36 Å². The predicted molar refractivity (Wildman–Crippen MR) is 307 cm³/mol. The fourth-order valence-electron chi connectivity index (χ4n) is 10.0. The summed E-state index contributed by atoms with van der Waals surface area (Å²) < 4.78 is 99.0. The Morgan fingerprint density at radius 2 is 0.671 bits per heavy atom. The van der Waals surface area contributed by atoms with Crippen molar-refractivity contribution in [3.8, 4) is 5.75 Å². The molecule has 82 heavy (non-hydrogen) atoms. The number of hydrogen-bond acceptors (Lipinski definition) is 12. The monoisotopic (exact) mass is 1110 g/mol. The first kappa shape index (κ1) is 58.3. The zero-order valence-electron chi connectivity index (χ0n) is 46.0. The first-order chi connectivity index (χ1) is 40.5. The molecule has 2 saturated heterocycles. The van der Waals surface area contributed by atoms with E-state index in [-0.39, 0.29) is 59.5 Å². The molecule has 8 aromatic rings. The van der Waals surface area contributed by atoms with Gasteiger partial charge in [-0.25, -0.2) is 4.39 Å². The highest BCUT2D eigenvalue weighted by atomic mass is 19.1. The lowest BCUT2D eigenvalue weighted by atomic mass is 9.97. The van der Waals surface area contributed by atoms with Gasteiger partial charge in [-0.15, -0.1) is 0 Å². The molecule has 2 fully saturated rings. The summed E-state index contributed by atoms with van der Waals surface area (Å²) in [6, 6.07) is 76.1. The molecule has 13 heteroatoms. The normalized spacial score (nSPS) is 23.0. The lowest BCUT2D eigenvalue weighted by Gasteiger charge is -2.48. The first-order valence-corrected chi connectivity index (χ1v) is 27.9. The number of alkyl halides is 1. The van der Waals surface area contributed by atoms with Crippen LogP contribution in [-0.2, 0) is 98.4 Å². The van der Waals surface area contributed by atoms with Crippen LogP contribution >= 0.6 is 0 Å². The molecule has 2 aliphatic heterocycles. The van der Waals surface area contributed by atoms with Crippen molar-refractivity contribution < 1.29 is 61.2 Å². The number of hydrogen-bond donors (Lipinski definition) is 0. The molecule has 2 heterocycles.